The molecule has 104 heavy (non-hydrogen) atoms. The number of hydrogen-bond donors (Lipinski definition) is 6. The van der Waals surface area contributed by atoms with Crippen molar-refractivity contribution in [3.8, 4) is 89.0 Å². The molecule has 12 heteroatoms. The number of aromatic amines is 4. The summed E-state index contributed by atoms with van der Waals surface area (Å²) >= 11 is 0. The maximum absolute atomic E-state index is 14.7. The number of rotatable bonds is 13. The Morgan fingerprint density at radius 3 is 0.625 bits per heavy atom. The van der Waals surface area contributed by atoms with Gasteiger partial charge in [-0.25, -0.2) is 19.9 Å². The molecule has 4 aliphatic heterocycles. The van der Waals surface area contributed by atoms with E-state index in [-0.39, 0.29) is 24.7 Å². The number of anilines is 2. The van der Waals surface area contributed by atoms with Crippen LogP contribution >= 0.6 is 0 Å². The molecule has 16 bridgehead atoms. The normalized spacial score (nSPS) is 12.0. The van der Waals surface area contributed by atoms with Crippen LogP contribution in [0.3, 0.4) is 0 Å². The van der Waals surface area contributed by atoms with Crippen molar-refractivity contribution in [1.82, 2.24) is 39.9 Å². The number of benzene rings is 8. The molecule has 8 aromatic carbocycles. The van der Waals surface area contributed by atoms with Crippen LogP contribution in [0.15, 0.2) is 279 Å². The van der Waals surface area contributed by atoms with Gasteiger partial charge in [-0.3, -0.25) is 9.59 Å². The molecule has 494 valence electrons. The van der Waals surface area contributed by atoms with E-state index in [0.29, 0.717) is 22.8 Å². The Morgan fingerprint density at radius 2 is 0.404 bits per heavy atom. The van der Waals surface area contributed by atoms with Crippen molar-refractivity contribution in [2.75, 3.05) is 10.6 Å². The highest BCUT2D eigenvalue weighted by Crippen LogP contribution is 2.44. The second-order valence-corrected chi connectivity index (χ2v) is 25.9. The molecule has 10 heterocycles. The van der Waals surface area contributed by atoms with Crippen molar-refractivity contribution in [1.29, 1.82) is 0 Å². The summed E-state index contributed by atoms with van der Waals surface area (Å²) in [6.07, 6.45) is 16.4. The Kier molecular flexibility index (Phi) is 16.1. The van der Waals surface area contributed by atoms with Crippen LogP contribution in [0.2, 0.25) is 0 Å². The van der Waals surface area contributed by atoms with Crippen molar-refractivity contribution in [3.05, 3.63) is 325 Å². The maximum Gasteiger partial charge on any atom is 0.224 e. The quantitative estimate of drug-likeness (QED) is 0.0670. The summed E-state index contributed by atoms with van der Waals surface area (Å²) in [5, 5.41) is 6.51. The topological polar surface area (TPSA) is 173 Å². The van der Waals surface area contributed by atoms with Crippen LogP contribution in [0, 0.1) is 0 Å². The van der Waals surface area contributed by atoms with E-state index < -0.39 is 0 Å². The first-order valence-corrected chi connectivity index (χ1v) is 34.8. The van der Waals surface area contributed by atoms with E-state index in [1.54, 1.807) is 0 Å². The van der Waals surface area contributed by atoms with E-state index >= 15 is 0 Å². The van der Waals surface area contributed by atoms with E-state index in [9.17, 15) is 9.59 Å². The van der Waals surface area contributed by atoms with Gasteiger partial charge >= 0.3 is 0 Å². The summed E-state index contributed by atoms with van der Waals surface area (Å²) in [7, 11) is 0. The first kappa shape index (κ1) is 62.2. The molecule has 0 saturated carbocycles. The average molecular weight is 1340 g/mol. The van der Waals surface area contributed by atoms with Crippen molar-refractivity contribution < 1.29 is 9.59 Å². The van der Waals surface area contributed by atoms with Crippen LogP contribution in [0.5, 0.6) is 0 Å². The average Bonchev–Trinajstić information content (AvgIpc) is 1.59. The van der Waals surface area contributed by atoms with Gasteiger partial charge in [-0.05, 0) is 143 Å². The van der Waals surface area contributed by atoms with Gasteiger partial charge in [0.05, 0.1) is 45.6 Å². The first-order chi connectivity index (χ1) is 51.4. The van der Waals surface area contributed by atoms with Crippen molar-refractivity contribution in [2.24, 2.45) is 0 Å². The summed E-state index contributed by atoms with van der Waals surface area (Å²) in [5.74, 6) is -0.676. The van der Waals surface area contributed by atoms with Gasteiger partial charge in [-0.15, -0.1) is 0 Å². The Morgan fingerprint density at radius 1 is 0.221 bits per heavy atom. The predicted octanol–water partition coefficient (Wildman–Crippen LogP) is 22.3. The molecule has 0 radical (unpaired) electrons. The highest BCUT2D eigenvalue weighted by molar-refractivity contribution is 6.07. The second-order valence-electron chi connectivity index (χ2n) is 25.9. The third-order valence-corrected chi connectivity index (χ3v) is 19.4. The molecule has 0 saturated heterocycles. The van der Waals surface area contributed by atoms with Gasteiger partial charge in [0.2, 0.25) is 11.8 Å². The van der Waals surface area contributed by atoms with E-state index in [1.165, 1.54) is 0 Å². The van der Waals surface area contributed by atoms with Crippen molar-refractivity contribution in [3.63, 3.8) is 0 Å². The minimum Gasteiger partial charge on any atom is -0.354 e. The minimum atomic E-state index is -0.338. The molecule has 0 unspecified atom stereocenters. The number of carbonyl (C=O) groups excluding carboxylic acids is 2. The molecule has 18 rings (SSSR count). The van der Waals surface area contributed by atoms with Crippen LogP contribution < -0.4 is 10.6 Å². The van der Waals surface area contributed by atoms with E-state index in [2.05, 4.69) is 213 Å². The summed E-state index contributed by atoms with van der Waals surface area (Å²) in [4.78, 5) is 66.7. The summed E-state index contributed by atoms with van der Waals surface area (Å²) in [5.41, 5.74) is 28.7. The molecule has 0 fully saturated rings. The lowest BCUT2D eigenvalue weighted by molar-refractivity contribution is -0.121. The highest BCUT2D eigenvalue weighted by atomic mass is 16.2. The van der Waals surface area contributed by atoms with Gasteiger partial charge in [0.1, 0.15) is 0 Å². The fraction of sp³-hybridized carbons (Fsp3) is 0.0217. The highest BCUT2D eigenvalue weighted by Gasteiger charge is 2.24. The smallest absolute Gasteiger partial charge is 0.224 e. The van der Waals surface area contributed by atoms with Crippen molar-refractivity contribution >= 4 is 116 Å². The minimum absolute atomic E-state index is 0.118. The number of carbonyl (C=O) groups is 2. The van der Waals surface area contributed by atoms with Gasteiger partial charge in [0.25, 0.3) is 0 Å². The zero-order valence-corrected chi connectivity index (χ0v) is 56.2. The molecular weight excluding hydrogens is 1280 g/mol. The molecule has 0 spiro atoms. The second kappa shape index (κ2) is 26.9. The van der Waals surface area contributed by atoms with Crippen LogP contribution in [0.25, 0.3) is 182 Å². The first-order valence-electron chi connectivity index (χ1n) is 34.8. The lowest BCUT2D eigenvalue weighted by atomic mass is 10.0. The molecule has 12 nitrogen and oxygen atoms in total. The number of para-hydroxylation sites is 2. The predicted molar refractivity (Wildman–Crippen MR) is 428 cm³/mol. The van der Waals surface area contributed by atoms with Crippen LogP contribution in [0.4, 0.5) is 11.4 Å². The number of H-pyrrole nitrogens is 4. The zero-order chi connectivity index (χ0) is 69.5. The Hall–Kier alpha value is -14.1. The number of aromatic nitrogens is 8. The molecule has 6 N–H and O–H groups in total. The van der Waals surface area contributed by atoms with Crippen LogP contribution in [-0.4, -0.2) is 51.7 Å². The third kappa shape index (κ3) is 11.8. The van der Waals surface area contributed by atoms with Crippen molar-refractivity contribution in [2.45, 2.75) is 12.8 Å². The largest absolute Gasteiger partial charge is 0.354 e. The maximum atomic E-state index is 14.7. The number of amides is 2. The Bertz CT molecular complexity index is 5790. The number of hydrogen-bond acceptors (Lipinski definition) is 6. The molecule has 0 aliphatic carbocycles. The van der Waals surface area contributed by atoms with Crippen LogP contribution in [0.1, 0.15) is 58.4 Å². The summed E-state index contributed by atoms with van der Waals surface area (Å²) in [6, 6.07) is 94.4. The van der Waals surface area contributed by atoms with E-state index in [0.717, 1.165) is 167 Å². The lowest BCUT2D eigenvalue weighted by Crippen LogP contribution is -2.18. The summed E-state index contributed by atoms with van der Waals surface area (Å²) in [6.45, 7) is 0. The molecular formula is C92H64N10O2. The molecule has 4 aliphatic rings. The Labute approximate surface area is 599 Å². The molecule has 2 amide bonds. The number of nitrogens with zero attached hydrogens (tertiary/aromatic N) is 4. The number of nitrogens with one attached hydrogen (secondary N) is 6. The SMILES string of the molecule is O=C(CCC(=O)Nc1ccccc1-c1c2nc(c(-c3ccccc3)c3ccc([nH]3)c(-c3ccccc3)c3nc(c(-c4ccccc4)c4ccc1[nH]4)C=C3)C=C2)Nc1ccccc1-c1c2nc(c(-c3ccccc3)c3ccc([nH]3)c(-c3ccccc3)c3nc(c(-c4ccccc4)c4ccc1[nH]4)C=C3)C=C2. The van der Waals surface area contributed by atoms with Crippen LogP contribution in [-0.2, 0) is 9.59 Å². The third-order valence-electron chi connectivity index (χ3n) is 19.4. The number of fused-ring (bicyclic) bond motifs is 16. The standard InChI is InChI=1S/C92H64N10O2/c103-83(101-65-37-21-19-35-63(65)91-79-51-47-75(97-79)87(59-27-11-3-12-28-59)71-43-39-67(93-71)85(57-23-7-1-8-24-57)68-40-44-72(94-68)88(60-29-13-4-14-30-60)76-48-52-80(91)98-76)55-56-84(104)102-66-38-22-20-36-64(66)92-81-53-49-77(99-81)89(61-31-15-5-16-32-61)73-45-41-69(95-73)86(58-25-9-2-10-26-58)70-42-46-74(96-70)90(62-33-17-6-18-34-62)78-50-54-82(92)100-78/h1-54,93,95,98,100H,55-56H2,(H,101,103)(H,102,104). The fourth-order valence-corrected chi connectivity index (χ4v) is 14.7. The molecule has 6 aromatic heterocycles. The van der Waals surface area contributed by atoms with E-state index in [1.807, 2.05) is 146 Å². The van der Waals surface area contributed by atoms with Gasteiger partial charge < -0.3 is 30.6 Å². The lowest BCUT2D eigenvalue weighted by Gasteiger charge is -2.14. The van der Waals surface area contributed by atoms with Gasteiger partial charge in [-0.2, -0.15) is 0 Å². The van der Waals surface area contributed by atoms with E-state index in [4.69, 9.17) is 19.9 Å². The van der Waals surface area contributed by atoms with Gasteiger partial charge in [0, 0.05) is 124 Å². The van der Waals surface area contributed by atoms with Gasteiger partial charge in [-0.1, -0.05) is 218 Å². The fourth-order valence-electron chi connectivity index (χ4n) is 14.7. The Balaban J connectivity index is 0.725. The monoisotopic (exact) mass is 1340 g/mol. The zero-order valence-electron chi connectivity index (χ0n) is 56.2. The molecule has 14 aromatic rings. The van der Waals surface area contributed by atoms with Gasteiger partial charge in [0.15, 0.2) is 0 Å². The summed E-state index contributed by atoms with van der Waals surface area (Å²) < 4.78 is 0. The molecule has 0 atom stereocenters.